The van der Waals surface area contributed by atoms with Crippen molar-refractivity contribution in [1.82, 2.24) is 14.1 Å². The van der Waals surface area contributed by atoms with Crippen LogP contribution in [-0.2, 0) is 25.0 Å². The van der Waals surface area contributed by atoms with Crippen LogP contribution in [0.15, 0.2) is 24.3 Å². The maximum Gasteiger partial charge on any atom is 0.306 e. The Morgan fingerprint density at radius 2 is 1.94 bits per heavy atom. The predicted octanol–water partition coefficient (Wildman–Crippen LogP) is 1.56. The van der Waals surface area contributed by atoms with Crippen LogP contribution in [0.4, 0.5) is 0 Å². The van der Waals surface area contributed by atoms with Crippen LogP contribution in [0.25, 0.3) is 0 Å². The average Bonchev–Trinajstić information content (AvgIpc) is 3.20. The number of carbonyl (C=O) groups excluding carboxylic acids is 1. The van der Waals surface area contributed by atoms with Gasteiger partial charge in [-0.25, -0.2) is 12.7 Å². The number of esters is 1. The molecule has 1 aromatic rings. The van der Waals surface area contributed by atoms with Gasteiger partial charge in [-0.1, -0.05) is 12.1 Å². The highest BCUT2D eigenvalue weighted by atomic mass is 32.2. The second kappa shape index (κ2) is 10.5. The smallest absolute Gasteiger partial charge is 0.306 e. The maximum atomic E-state index is 12.1. The van der Waals surface area contributed by atoms with E-state index >= 15 is 0 Å². The van der Waals surface area contributed by atoms with Crippen LogP contribution >= 0.6 is 0 Å². The highest BCUT2D eigenvalue weighted by Crippen LogP contribution is 2.37. The molecule has 0 radical (unpaired) electrons. The van der Waals surface area contributed by atoms with Gasteiger partial charge in [-0.3, -0.25) is 4.79 Å². The molecule has 1 aromatic carbocycles. The molecule has 2 saturated heterocycles. The Bertz CT molecular complexity index is 874. The minimum Gasteiger partial charge on any atom is -0.494 e. The van der Waals surface area contributed by atoms with Crippen LogP contribution in [-0.4, -0.2) is 101 Å². The van der Waals surface area contributed by atoms with E-state index in [9.17, 15) is 13.2 Å². The summed E-state index contributed by atoms with van der Waals surface area (Å²) < 4.78 is 36.4. The van der Waals surface area contributed by atoms with Gasteiger partial charge in [0.15, 0.2) is 0 Å². The molecule has 3 rings (SSSR count). The summed E-state index contributed by atoms with van der Waals surface area (Å²) in [7, 11) is 2.48. The first-order chi connectivity index (χ1) is 15.1. The maximum absolute atomic E-state index is 12.1. The summed E-state index contributed by atoms with van der Waals surface area (Å²) in [6, 6.07) is 8.37. The number of cyclic esters (lactones) is 1. The molecule has 9 heteroatoms. The van der Waals surface area contributed by atoms with E-state index in [1.54, 1.807) is 7.05 Å². The van der Waals surface area contributed by atoms with Crippen molar-refractivity contribution in [2.45, 2.75) is 37.1 Å². The number of hydrogen-bond acceptors (Lipinski definition) is 7. The van der Waals surface area contributed by atoms with Crippen molar-refractivity contribution in [3.05, 3.63) is 29.8 Å². The van der Waals surface area contributed by atoms with Gasteiger partial charge in [-0.15, -0.1) is 0 Å². The topological polar surface area (TPSA) is 79.4 Å². The zero-order valence-corrected chi connectivity index (χ0v) is 20.6. The third-order valence-electron chi connectivity index (χ3n) is 6.75. The number of nitrogens with zero attached hydrogens (tertiary/aromatic N) is 3. The van der Waals surface area contributed by atoms with E-state index in [1.165, 1.54) is 17.0 Å². The number of likely N-dealkylation sites (tertiary alicyclic amines) is 1. The van der Waals surface area contributed by atoms with E-state index in [1.807, 2.05) is 24.3 Å². The van der Waals surface area contributed by atoms with Gasteiger partial charge < -0.3 is 19.3 Å². The molecule has 0 N–H and O–H groups in total. The van der Waals surface area contributed by atoms with Gasteiger partial charge in [0.25, 0.3) is 0 Å². The van der Waals surface area contributed by atoms with Gasteiger partial charge in [-0.2, -0.15) is 0 Å². The zero-order chi connectivity index (χ0) is 23.4. The summed E-state index contributed by atoms with van der Waals surface area (Å²) in [6.45, 7) is 4.48. The highest BCUT2D eigenvalue weighted by molar-refractivity contribution is 7.88. The molecule has 180 valence electrons. The van der Waals surface area contributed by atoms with E-state index in [4.69, 9.17) is 9.47 Å². The van der Waals surface area contributed by atoms with E-state index in [2.05, 4.69) is 23.9 Å². The lowest BCUT2D eigenvalue weighted by atomic mass is 9.74. The largest absolute Gasteiger partial charge is 0.494 e. The van der Waals surface area contributed by atoms with Crippen LogP contribution in [0.1, 0.15) is 31.2 Å². The summed E-state index contributed by atoms with van der Waals surface area (Å²) in [4.78, 5) is 16.9. The Morgan fingerprint density at radius 3 is 2.53 bits per heavy atom. The monoisotopic (exact) mass is 467 g/mol. The summed E-state index contributed by atoms with van der Waals surface area (Å²) in [5, 5.41) is 0. The second-order valence-electron chi connectivity index (χ2n) is 9.38. The molecule has 0 amide bonds. The summed E-state index contributed by atoms with van der Waals surface area (Å²) in [6.07, 6.45) is 4.12. The third kappa shape index (κ3) is 6.43. The highest BCUT2D eigenvalue weighted by Gasteiger charge is 2.41. The van der Waals surface area contributed by atoms with Crippen molar-refractivity contribution in [3.63, 3.8) is 0 Å². The number of carbonyl (C=O) groups is 1. The molecule has 2 heterocycles. The van der Waals surface area contributed by atoms with Crippen molar-refractivity contribution >= 4 is 16.0 Å². The Labute approximate surface area is 192 Å². The summed E-state index contributed by atoms with van der Waals surface area (Å²) >= 11 is 0. The van der Waals surface area contributed by atoms with E-state index in [-0.39, 0.29) is 18.9 Å². The van der Waals surface area contributed by atoms with Gasteiger partial charge in [-0.05, 0) is 57.6 Å². The van der Waals surface area contributed by atoms with E-state index in [0.29, 0.717) is 25.7 Å². The Morgan fingerprint density at radius 1 is 1.22 bits per heavy atom. The first-order valence-corrected chi connectivity index (χ1v) is 13.1. The molecule has 32 heavy (non-hydrogen) atoms. The normalized spacial score (nSPS) is 24.8. The molecule has 0 aromatic heterocycles. The Hall–Kier alpha value is -1.68. The number of hydrogen-bond donors (Lipinski definition) is 0. The standard InChI is InChI=1S/C23H37N3O5S/c1-24(2)20-10-13-26(17-20)12-5-14-30-21-8-6-19(7-9-21)23(11-15-31-22(27)16-23)18-25(3)32(4,28)29/h6-9,20H,5,10-18H2,1-4H3/t20-,23?/m1/s1. The number of ether oxygens (including phenoxy) is 2. The lowest BCUT2D eigenvalue weighted by Crippen LogP contribution is -2.46. The van der Waals surface area contributed by atoms with Crippen molar-refractivity contribution < 1.29 is 22.7 Å². The SMILES string of the molecule is CN(C)[C@@H]1CCN(CCCOc2ccc(C3(CN(C)S(C)(=O)=O)CCOC(=O)C3)cc2)C1. The predicted molar refractivity (Wildman–Crippen MR) is 124 cm³/mol. The second-order valence-corrected chi connectivity index (χ2v) is 11.5. The van der Waals surface area contributed by atoms with Crippen molar-refractivity contribution in [2.24, 2.45) is 0 Å². The molecule has 8 nitrogen and oxygen atoms in total. The van der Waals surface area contributed by atoms with Crippen LogP contribution in [0, 0.1) is 0 Å². The molecule has 2 aliphatic rings. The van der Waals surface area contributed by atoms with Gasteiger partial charge in [0.05, 0.1) is 25.9 Å². The molecular formula is C23H37N3O5S. The average molecular weight is 468 g/mol. The summed E-state index contributed by atoms with van der Waals surface area (Å²) in [5.74, 6) is 0.489. The van der Waals surface area contributed by atoms with Gasteiger partial charge in [0.1, 0.15) is 5.75 Å². The van der Waals surface area contributed by atoms with Crippen molar-refractivity contribution in [1.29, 1.82) is 0 Å². The number of likely N-dealkylation sites (N-methyl/N-ethyl adjacent to an activating group) is 2. The Kier molecular flexibility index (Phi) is 8.19. The summed E-state index contributed by atoms with van der Waals surface area (Å²) in [5.41, 5.74) is 0.341. The quantitative estimate of drug-likeness (QED) is 0.382. The van der Waals surface area contributed by atoms with Crippen molar-refractivity contribution in [2.75, 3.05) is 66.8 Å². The fraction of sp³-hybridized carbons (Fsp3) is 0.696. The molecule has 0 saturated carbocycles. The van der Waals surface area contributed by atoms with E-state index < -0.39 is 15.4 Å². The molecule has 2 aliphatic heterocycles. The third-order valence-corrected chi connectivity index (χ3v) is 8.01. The molecule has 0 aliphatic carbocycles. The number of rotatable bonds is 10. The lowest BCUT2D eigenvalue weighted by molar-refractivity contribution is -0.150. The molecule has 0 bridgehead atoms. The minimum atomic E-state index is -3.35. The van der Waals surface area contributed by atoms with E-state index in [0.717, 1.165) is 37.4 Å². The van der Waals surface area contributed by atoms with Crippen LogP contribution in [0.2, 0.25) is 0 Å². The molecule has 0 spiro atoms. The first-order valence-electron chi connectivity index (χ1n) is 11.3. The molecular weight excluding hydrogens is 430 g/mol. The van der Waals surface area contributed by atoms with Crippen LogP contribution in [0.3, 0.4) is 0 Å². The molecule has 1 unspecified atom stereocenters. The van der Waals surface area contributed by atoms with Crippen LogP contribution < -0.4 is 4.74 Å². The zero-order valence-electron chi connectivity index (χ0n) is 19.7. The lowest BCUT2D eigenvalue weighted by Gasteiger charge is -2.39. The fourth-order valence-corrected chi connectivity index (χ4v) is 5.09. The number of benzene rings is 1. The van der Waals surface area contributed by atoms with Crippen LogP contribution in [0.5, 0.6) is 5.75 Å². The number of sulfonamides is 1. The van der Waals surface area contributed by atoms with Crippen molar-refractivity contribution in [3.8, 4) is 5.75 Å². The first kappa shape index (κ1) is 25.0. The van der Waals surface area contributed by atoms with Gasteiger partial charge in [0, 0.05) is 38.1 Å². The fourth-order valence-electron chi connectivity index (χ4n) is 4.61. The molecule has 2 atom stereocenters. The van der Waals surface area contributed by atoms with Gasteiger partial charge in [0.2, 0.25) is 10.0 Å². The van der Waals surface area contributed by atoms with Gasteiger partial charge >= 0.3 is 5.97 Å². The minimum absolute atomic E-state index is 0.164. The Balaban J connectivity index is 1.57. The molecule has 2 fully saturated rings.